The number of nitrogens with zero attached hydrogens (tertiary/aromatic N) is 1. The zero-order valence-electron chi connectivity index (χ0n) is 12.5. The van der Waals surface area contributed by atoms with Crippen molar-refractivity contribution in [1.29, 1.82) is 0 Å². The van der Waals surface area contributed by atoms with Gasteiger partial charge in [0.15, 0.2) is 0 Å². The first-order valence-electron chi connectivity index (χ1n) is 7.09. The lowest BCUT2D eigenvalue weighted by Crippen LogP contribution is -2.39. The minimum absolute atomic E-state index is 0. The lowest BCUT2D eigenvalue weighted by molar-refractivity contribution is -0.141. The number of nitrogens with two attached hydrogens (primary N) is 1. The minimum atomic E-state index is -0.366. The number of ether oxygens (including phenoxy) is 2. The molecular weight excluding hydrogens is 327 g/mol. The second kappa shape index (κ2) is 9.20. The molecular formula is C15H22Cl2N2O3. The number of rotatable bonds is 6. The van der Waals surface area contributed by atoms with E-state index < -0.39 is 0 Å². The number of hydrogen-bond acceptors (Lipinski definition) is 4. The molecule has 1 amide bonds. The number of carbonyl (C=O) groups is 1. The number of likely N-dealkylation sites (N-methyl/N-ethyl adjacent to an activating group) is 1. The largest absolute Gasteiger partial charge is 0.492 e. The number of benzene rings is 1. The summed E-state index contributed by atoms with van der Waals surface area (Å²) in [5.74, 6) is 0.685. The molecule has 2 rings (SSSR count). The van der Waals surface area contributed by atoms with Crippen molar-refractivity contribution < 1.29 is 14.3 Å². The first kappa shape index (κ1) is 19.0. The van der Waals surface area contributed by atoms with Crippen LogP contribution in [-0.4, -0.2) is 49.8 Å². The molecule has 1 saturated heterocycles. The van der Waals surface area contributed by atoms with Crippen molar-refractivity contribution >= 4 is 29.9 Å². The van der Waals surface area contributed by atoms with Crippen LogP contribution >= 0.6 is 24.0 Å². The lowest BCUT2D eigenvalue weighted by Gasteiger charge is -2.21. The molecule has 0 aliphatic carbocycles. The maximum Gasteiger partial charge on any atom is 0.251 e. The normalized spacial score (nSPS) is 20.3. The van der Waals surface area contributed by atoms with Gasteiger partial charge in [0.05, 0.1) is 12.6 Å². The van der Waals surface area contributed by atoms with Crippen molar-refractivity contribution in [2.24, 2.45) is 5.73 Å². The Bertz CT molecular complexity index is 488. The third kappa shape index (κ3) is 5.32. The zero-order valence-corrected chi connectivity index (χ0v) is 14.1. The number of carbonyl (C=O) groups excluding carboxylic acids is 1. The van der Waals surface area contributed by atoms with E-state index in [9.17, 15) is 4.79 Å². The third-order valence-electron chi connectivity index (χ3n) is 3.51. The summed E-state index contributed by atoms with van der Waals surface area (Å²) in [4.78, 5) is 13.8. The van der Waals surface area contributed by atoms with Gasteiger partial charge in [-0.05, 0) is 31.0 Å². The van der Waals surface area contributed by atoms with Crippen LogP contribution in [0.5, 0.6) is 5.75 Å². The fourth-order valence-electron chi connectivity index (χ4n) is 2.27. The average Bonchev–Trinajstić information content (AvgIpc) is 2.95. The van der Waals surface area contributed by atoms with E-state index in [0.29, 0.717) is 30.5 Å². The Labute approximate surface area is 142 Å². The SMILES string of the molecule is CN(CCOc1cccc(Cl)c1)C(=O)[C@@H]1CC[C@H](CN)O1.Cl. The van der Waals surface area contributed by atoms with Crippen LogP contribution in [0.1, 0.15) is 12.8 Å². The van der Waals surface area contributed by atoms with Gasteiger partial charge in [0.25, 0.3) is 5.91 Å². The highest BCUT2D eigenvalue weighted by molar-refractivity contribution is 6.30. The van der Waals surface area contributed by atoms with Gasteiger partial charge >= 0.3 is 0 Å². The van der Waals surface area contributed by atoms with E-state index >= 15 is 0 Å². The standard InChI is InChI=1S/C15H21ClN2O3.ClH/c1-18(15(19)14-6-5-13(10-17)21-14)7-8-20-12-4-2-3-11(16)9-12;/h2-4,9,13-14H,5-8,10,17H2,1H3;1H/t13-,14+;/m1./s1. The quantitative estimate of drug-likeness (QED) is 0.854. The summed E-state index contributed by atoms with van der Waals surface area (Å²) in [7, 11) is 1.75. The minimum Gasteiger partial charge on any atom is -0.492 e. The zero-order chi connectivity index (χ0) is 15.2. The monoisotopic (exact) mass is 348 g/mol. The highest BCUT2D eigenvalue weighted by Gasteiger charge is 2.31. The number of hydrogen-bond donors (Lipinski definition) is 1. The summed E-state index contributed by atoms with van der Waals surface area (Å²) in [5, 5.41) is 0.629. The molecule has 0 bridgehead atoms. The summed E-state index contributed by atoms with van der Waals surface area (Å²) in [6, 6.07) is 7.19. The first-order valence-corrected chi connectivity index (χ1v) is 7.47. The topological polar surface area (TPSA) is 64.8 Å². The summed E-state index contributed by atoms with van der Waals surface area (Å²) in [5.41, 5.74) is 5.55. The van der Waals surface area contributed by atoms with E-state index in [-0.39, 0.29) is 30.5 Å². The average molecular weight is 349 g/mol. The molecule has 5 nitrogen and oxygen atoms in total. The van der Waals surface area contributed by atoms with E-state index in [1.165, 1.54) is 0 Å². The highest BCUT2D eigenvalue weighted by Crippen LogP contribution is 2.20. The molecule has 0 saturated carbocycles. The molecule has 2 N–H and O–H groups in total. The van der Waals surface area contributed by atoms with Crippen molar-refractivity contribution in [2.75, 3.05) is 26.7 Å². The van der Waals surface area contributed by atoms with Crippen molar-refractivity contribution in [3.8, 4) is 5.75 Å². The smallest absolute Gasteiger partial charge is 0.251 e. The van der Waals surface area contributed by atoms with E-state index in [2.05, 4.69) is 0 Å². The Morgan fingerprint density at radius 3 is 2.91 bits per heavy atom. The van der Waals surface area contributed by atoms with E-state index in [1.54, 1.807) is 24.1 Å². The lowest BCUT2D eigenvalue weighted by atomic mass is 10.2. The Morgan fingerprint density at radius 1 is 1.50 bits per heavy atom. The molecule has 1 aromatic rings. The van der Waals surface area contributed by atoms with Gasteiger partial charge in [0, 0.05) is 18.6 Å². The summed E-state index contributed by atoms with van der Waals surface area (Å²) >= 11 is 5.88. The van der Waals surface area contributed by atoms with Crippen molar-refractivity contribution in [2.45, 2.75) is 25.0 Å². The van der Waals surface area contributed by atoms with Gasteiger partial charge in [-0.1, -0.05) is 17.7 Å². The van der Waals surface area contributed by atoms with Gasteiger partial charge in [-0.3, -0.25) is 4.79 Å². The molecule has 1 aliphatic heterocycles. The molecule has 7 heteroatoms. The molecule has 1 aromatic carbocycles. The van der Waals surface area contributed by atoms with E-state index in [1.807, 2.05) is 12.1 Å². The molecule has 0 radical (unpaired) electrons. The second-order valence-corrected chi connectivity index (χ2v) is 5.56. The van der Waals surface area contributed by atoms with Crippen LogP contribution in [-0.2, 0) is 9.53 Å². The van der Waals surface area contributed by atoms with Gasteiger partial charge in [-0.25, -0.2) is 0 Å². The van der Waals surface area contributed by atoms with Crippen LogP contribution in [0.15, 0.2) is 24.3 Å². The summed E-state index contributed by atoms with van der Waals surface area (Å²) in [6.07, 6.45) is 1.23. The highest BCUT2D eigenvalue weighted by atomic mass is 35.5. The van der Waals surface area contributed by atoms with Gasteiger partial charge < -0.3 is 20.1 Å². The van der Waals surface area contributed by atoms with Crippen LogP contribution < -0.4 is 10.5 Å². The van der Waals surface area contributed by atoms with Gasteiger partial charge in [-0.15, -0.1) is 12.4 Å². The Hall–Kier alpha value is -1.01. The van der Waals surface area contributed by atoms with Crippen LogP contribution in [0.3, 0.4) is 0 Å². The van der Waals surface area contributed by atoms with Crippen molar-refractivity contribution in [1.82, 2.24) is 4.90 Å². The molecule has 0 spiro atoms. The number of amides is 1. The Morgan fingerprint density at radius 2 is 2.27 bits per heavy atom. The first-order chi connectivity index (χ1) is 10.1. The molecule has 22 heavy (non-hydrogen) atoms. The summed E-state index contributed by atoms with van der Waals surface area (Å²) < 4.78 is 11.2. The van der Waals surface area contributed by atoms with Crippen molar-refractivity contribution in [3.63, 3.8) is 0 Å². The third-order valence-corrected chi connectivity index (χ3v) is 3.75. The second-order valence-electron chi connectivity index (χ2n) is 5.13. The maximum absolute atomic E-state index is 12.2. The van der Waals surface area contributed by atoms with Gasteiger partial charge in [-0.2, -0.15) is 0 Å². The van der Waals surface area contributed by atoms with Gasteiger partial charge in [0.2, 0.25) is 0 Å². The molecule has 124 valence electrons. The van der Waals surface area contributed by atoms with E-state index in [4.69, 9.17) is 26.8 Å². The van der Waals surface area contributed by atoms with Crippen LogP contribution in [0.4, 0.5) is 0 Å². The summed E-state index contributed by atoms with van der Waals surface area (Å²) in [6.45, 7) is 1.37. The molecule has 2 atom stereocenters. The van der Waals surface area contributed by atoms with E-state index in [0.717, 1.165) is 12.8 Å². The molecule has 1 aliphatic rings. The molecule has 1 fully saturated rings. The van der Waals surface area contributed by atoms with Crippen LogP contribution in [0.25, 0.3) is 0 Å². The fraction of sp³-hybridized carbons (Fsp3) is 0.533. The fourth-order valence-corrected chi connectivity index (χ4v) is 2.45. The predicted octanol–water partition coefficient (Wildman–Crippen LogP) is 2.11. The van der Waals surface area contributed by atoms with Crippen LogP contribution in [0.2, 0.25) is 5.02 Å². The molecule has 0 aromatic heterocycles. The van der Waals surface area contributed by atoms with Crippen molar-refractivity contribution in [3.05, 3.63) is 29.3 Å². The van der Waals surface area contributed by atoms with Gasteiger partial charge in [0.1, 0.15) is 18.5 Å². The molecule has 1 heterocycles. The Kier molecular flexibility index (Phi) is 7.96. The number of halogens is 2. The molecule has 0 unspecified atom stereocenters. The maximum atomic E-state index is 12.2. The predicted molar refractivity (Wildman–Crippen MR) is 88.8 cm³/mol. The van der Waals surface area contributed by atoms with Crippen LogP contribution in [0, 0.1) is 0 Å². The Balaban J connectivity index is 0.00000242.